The predicted octanol–water partition coefficient (Wildman–Crippen LogP) is 2.11. The van der Waals surface area contributed by atoms with Crippen LogP contribution in [0.4, 0.5) is 10.1 Å². The van der Waals surface area contributed by atoms with Crippen LogP contribution in [0.5, 0.6) is 0 Å². The van der Waals surface area contributed by atoms with E-state index in [0.29, 0.717) is 51.8 Å². The van der Waals surface area contributed by atoms with Crippen molar-refractivity contribution >= 4 is 35.1 Å². The Kier molecular flexibility index (Phi) is 6.60. The Morgan fingerprint density at radius 2 is 1.94 bits per heavy atom. The summed E-state index contributed by atoms with van der Waals surface area (Å²) in [6.45, 7) is 5.94. The highest BCUT2D eigenvalue weighted by Crippen LogP contribution is 2.34. The number of aryl methyl sites for hydroxylation is 1. The van der Waals surface area contributed by atoms with Gasteiger partial charge in [0.1, 0.15) is 5.82 Å². The maximum atomic E-state index is 13.7. The number of halogens is 1. The fourth-order valence-corrected chi connectivity index (χ4v) is 4.36. The molecular formula is C24H28FN5O3. The summed E-state index contributed by atoms with van der Waals surface area (Å²) in [6.07, 6.45) is 3.68. The molecule has 1 aromatic heterocycles. The lowest BCUT2D eigenvalue weighted by molar-refractivity contribution is -0.120. The topological polar surface area (TPSA) is 115 Å². The van der Waals surface area contributed by atoms with E-state index in [1.165, 1.54) is 18.2 Å². The van der Waals surface area contributed by atoms with E-state index in [4.69, 9.17) is 0 Å². The maximum absolute atomic E-state index is 13.7. The van der Waals surface area contributed by atoms with Gasteiger partial charge >= 0.3 is 0 Å². The molecule has 1 aromatic carbocycles. The van der Waals surface area contributed by atoms with Gasteiger partial charge in [-0.1, -0.05) is 0 Å². The minimum Gasteiger partial charge on any atom is -0.358 e. The van der Waals surface area contributed by atoms with Gasteiger partial charge in [-0.2, -0.15) is 0 Å². The summed E-state index contributed by atoms with van der Waals surface area (Å²) in [7, 11) is 0. The zero-order valence-corrected chi connectivity index (χ0v) is 18.7. The number of hydrogen-bond donors (Lipinski definition) is 5. The molecule has 2 aliphatic heterocycles. The third kappa shape index (κ3) is 4.98. The zero-order valence-electron chi connectivity index (χ0n) is 18.7. The van der Waals surface area contributed by atoms with Gasteiger partial charge in [-0.05, 0) is 75.5 Å². The van der Waals surface area contributed by atoms with Crippen LogP contribution in [0.2, 0.25) is 0 Å². The first-order valence-corrected chi connectivity index (χ1v) is 11.1. The van der Waals surface area contributed by atoms with E-state index < -0.39 is 5.82 Å². The molecule has 1 fully saturated rings. The second-order valence-corrected chi connectivity index (χ2v) is 8.55. The molecule has 9 heteroatoms. The summed E-state index contributed by atoms with van der Waals surface area (Å²) in [6, 6.07) is 4.11. The number of benzene rings is 1. The second kappa shape index (κ2) is 9.58. The number of H-pyrrole nitrogens is 1. The Labute approximate surface area is 191 Å². The van der Waals surface area contributed by atoms with Crippen LogP contribution in [0, 0.1) is 25.6 Å². The highest BCUT2D eigenvalue weighted by Gasteiger charge is 2.26. The SMILES string of the molecule is Cc1[nH]c(/C=C2\C(=O)Nc3ccc(F)cc32)c(C)c1C(=O)NCC(=O)NCC1CCNCC1. The number of amides is 3. The van der Waals surface area contributed by atoms with Crippen molar-refractivity contribution in [3.63, 3.8) is 0 Å². The molecular weight excluding hydrogens is 425 g/mol. The number of hydrogen-bond acceptors (Lipinski definition) is 4. The summed E-state index contributed by atoms with van der Waals surface area (Å²) in [5, 5.41) is 11.6. The normalized spacial score (nSPS) is 17.1. The van der Waals surface area contributed by atoms with E-state index >= 15 is 0 Å². The Morgan fingerprint density at radius 3 is 2.70 bits per heavy atom. The van der Waals surface area contributed by atoms with Crippen molar-refractivity contribution in [3.05, 3.63) is 52.1 Å². The number of rotatable bonds is 6. The molecule has 5 N–H and O–H groups in total. The predicted molar refractivity (Wildman–Crippen MR) is 124 cm³/mol. The Balaban J connectivity index is 1.43. The number of anilines is 1. The van der Waals surface area contributed by atoms with E-state index in [1.807, 2.05) is 0 Å². The fraction of sp³-hybridized carbons (Fsp3) is 0.375. The van der Waals surface area contributed by atoms with Gasteiger partial charge in [0, 0.05) is 29.2 Å². The lowest BCUT2D eigenvalue weighted by atomic mass is 9.98. The molecule has 0 saturated carbocycles. The van der Waals surface area contributed by atoms with E-state index in [2.05, 4.69) is 26.3 Å². The van der Waals surface area contributed by atoms with Gasteiger partial charge in [-0.15, -0.1) is 0 Å². The lowest BCUT2D eigenvalue weighted by Crippen LogP contribution is -2.41. The molecule has 33 heavy (non-hydrogen) atoms. The van der Waals surface area contributed by atoms with Gasteiger partial charge in [0.05, 0.1) is 17.7 Å². The number of carbonyl (C=O) groups is 3. The molecule has 8 nitrogen and oxygen atoms in total. The van der Waals surface area contributed by atoms with Gasteiger partial charge in [-0.3, -0.25) is 14.4 Å². The molecule has 4 rings (SSSR count). The van der Waals surface area contributed by atoms with Gasteiger partial charge in [0.15, 0.2) is 0 Å². The smallest absolute Gasteiger partial charge is 0.256 e. The molecule has 1 saturated heterocycles. The standard InChI is InChI=1S/C24H28FN5O3/c1-13-20(10-18-17-9-16(25)3-4-19(17)30-23(18)32)29-14(2)22(13)24(33)28-12-21(31)27-11-15-5-7-26-8-6-15/h3-4,9-10,15,26,29H,5-8,11-12H2,1-2H3,(H,27,31)(H,28,33)(H,30,32)/b18-10-. The van der Waals surface area contributed by atoms with Crippen LogP contribution in [-0.4, -0.2) is 48.9 Å². The first-order valence-electron chi connectivity index (χ1n) is 11.1. The molecule has 2 aromatic rings. The van der Waals surface area contributed by atoms with Crippen molar-refractivity contribution in [2.45, 2.75) is 26.7 Å². The average Bonchev–Trinajstić information content (AvgIpc) is 3.26. The van der Waals surface area contributed by atoms with Crippen LogP contribution < -0.4 is 21.3 Å². The Bertz CT molecular complexity index is 1130. The zero-order chi connectivity index (χ0) is 23.5. The van der Waals surface area contributed by atoms with Crippen molar-refractivity contribution in [1.82, 2.24) is 20.9 Å². The third-order valence-corrected chi connectivity index (χ3v) is 6.21. The summed E-state index contributed by atoms with van der Waals surface area (Å²) in [5.41, 5.74) is 3.60. The van der Waals surface area contributed by atoms with E-state index in [9.17, 15) is 18.8 Å². The van der Waals surface area contributed by atoms with E-state index in [-0.39, 0.29) is 24.3 Å². The number of aromatic nitrogens is 1. The molecule has 174 valence electrons. The first kappa shape index (κ1) is 22.7. The van der Waals surface area contributed by atoms with Crippen LogP contribution >= 0.6 is 0 Å². The molecule has 3 amide bonds. The molecule has 0 radical (unpaired) electrons. The number of carbonyl (C=O) groups excluding carboxylic acids is 3. The second-order valence-electron chi connectivity index (χ2n) is 8.55. The summed E-state index contributed by atoms with van der Waals surface area (Å²) in [5.74, 6) is -0.906. The van der Waals surface area contributed by atoms with Gasteiger partial charge in [-0.25, -0.2) is 4.39 Å². The largest absolute Gasteiger partial charge is 0.358 e. The van der Waals surface area contributed by atoms with Crippen LogP contribution in [0.15, 0.2) is 18.2 Å². The molecule has 0 bridgehead atoms. The van der Waals surface area contributed by atoms with Crippen LogP contribution in [0.3, 0.4) is 0 Å². The van der Waals surface area contributed by atoms with Crippen molar-refractivity contribution in [1.29, 1.82) is 0 Å². The summed E-state index contributed by atoms with van der Waals surface area (Å²) >= 11 is 0. The average molecular weight is 454 g/mol. The summed E-state index contributed by atoms with van der Waals surface area (Å²) < 4.78 is 13.7. The van der Waals surface area contributed by atoms with Crippen molar-refractivity contribution < 1.29 is 18.8 Å². The van der Waals surface area contributed by atoms with Gasteiger partial charge in [0.2, 0.25) is 5.91 Å². The number of nitrogens with one attached hydrogen (secondary N) is 5. The van der Waals surface area contributed by atoms with Crippen molar-refractivity contribution in [2.24, 2.45) is 5.92 Å². The molecule has 0 aliphatic carbocycles. The minimum atomic E-state index is -0.436. The van der Waals surface area contributed by atoms with Gasteiger partial charge in [0.25, 0.3) is 11.8 Å². The Morgan fingerprint density at radius 1 is 1.18 bits per heavy atom. The highest BCUT2D eigenvalue weighted by atomic mass is 19.1. The third-order valence-electron chi connectivity index (χ3n) is 6.21. The van der Waals surface area contributed by atoms with E-state index in [0.717, 1.165) is 25.9 Å². The quantitative estimate of drug-likeness (QED) is 0.431. The van der Waals surface area contributed by atoms with Crippen LogP contribution in [-0.2, 0) is 9.59 Å². The van der Waals surface area contributed by atoms with Crippen LogP contribution in [0.1, 0.15) is 45.7 Å². The number of piperidine rings is 1. The van der Waals surface area contributed by atoms with Crippen LogP contribution in [0.25, 0.3) is 11.6 Å². The van der Waals surface area contributed by atoms with E-state index in [1.54, 1.807) is 19.9 Å². The molecule has 0 atom stereocenters. The molecule has 2 aliphatic rings. The van der Waals surface area contributed by atoms with Crippen molar-refractivity contribution in [2.75, 3.05) is 31.5 Å². The van der Waals surface area contributed by atoms with Crippen molar-refractivity contribution in [3.8, 4) is 0 Å². The number of aromatic amines is 1. The number of fused-ring (bicyclic) bond motifs is 1. The summed E-state index contributed by atoms with van der Waals surface area (Å²) in [4.78, 5) is 40.5. The minimum absolute atomic E-state index is 0.112. The fourth-order valence-electron chi connectivity index (χ4n) is 4.36. The molecule has 3 heterocycles. The lowest BCUT2D eigenvalue weighted by Gasteiger charge is -2.22. The van der Waals surface area contributed by atoms with Gasteiger partial charge < -0.3 is 26.3 Å². The monoisotopic (exact) mass is 453 g/mol. The maximum Gasteiger partial charge on any atom is 0.256 e. The molecule has 0 spiro atoms. The Hall–Kier alpha value is -3.46. The first-order chi connectivity index (χ1) is 15.8. The highest BCUT2D eigenvalue weighted by molar-refractivity contribution is 6.34. The molecule has 0 unspecified atom stereocenters.